The number of pyridine rings is 1. The van der Waals surface area contributed by atoms with Crippen LogP contribution in [0.2, 0.25) is 0 Å². The highest BCUT2D eigenvalue weighted by Crippen LogP contribution is 2.32. The van der Waals surface area contributed by atoms with Crippen LogP contribution in [-0.4, -0.2) is 17.0 Å². The number of allylic oxidation sites excluding steroid dienone is 1. The van der Waals surface area contributed by atoms with Crippen molar-refractivity contribution in [2.45, 2.75) is 6.92 Å². The molecule has 1 aromatic carbocycles. The summed E-state index contributed by atoms with van der Waals surface area (Å²) in [4.78, 5) is 14.0. The first-order valence-electron chi connectivity index (χ1n) is 6.23. The minimum absolute atomic E-state index is 0.0854. The van der Waals surface area contributed by atoms with Gasteiger partial charge in [-0.3, -0.25) is 10.1 Å². The Balaban J connectivity index is 2.24. The molecule has 2 aromatic rings. The number of rotatable bonds is 5. The van der Waals surface area contributed by atoms with E-state index in [2.05, 4.69) is 4.98 Å². The van der Waals surface area contributed by atoms with Gasteiger partial charge in [0, 0.05) is 12.1 Å². The van der Waals surface area contributed by atoms with Gasteiger partial charge in [-0.15, -0.1) is 0 Å². The van der Waals surface area contributed by atoms with E-state index in [1.165, 1.54) is 12.1 Å². The Morgan fingerprint density at radius 3 is 2.62 bits per heavy atom. The molecule has 6 heteroatoms. The average Bonchev–Trinajstić information content (AvgIpc) is 2.49. The molecule has 108 valence electrons. The van der Waals surface area contributed by atoms with E-state index in [1.807, 2.05) is 31.2 Å². The number of hydrogen-bond acceptors (Lipinski definition) is 5. The highest BCUT2D eigenvalue weighted by atomic mass is 16.6. The zero-order valence-electron chi connectivity index (χ0n) is 11.6. The zero-order chi connectivity index (χ0) is 15.2. The van der Waals surface area contributed by atoms with Crippen molar-refractivity contribution < 1.29 is 14.4 Å². The molecule has 0 saturated heterocycles. The molecule has 0 bridgehead atoms. The van der Waals surface area contributed by atoms with Crippen LogP contribution in [0, 0.1) is 10.1 Å². The Hall–Kier alpha value is -2.89. The molecule has 21 heavy (non-hydrogen) atoms. The summed E-state index contributed by atoms with van der Waals surface area (Å²) in [6.45, 7) is 1.93. The predicted molar refractivity (Wildman–Crippen MR) is 78.7 cm³/mol. The second-order valence-electron chi connectivity index (χ2n) is 4.12. The normalized spacial score (nSPS) is 10.6. The highest BCUT2D eigenvalue weighted by Gasteiger charge is 2.09. The van der Waals surface area contributed by atoms with Gasteiger partial charge in [-0.25, -0.2) is 4.98 Å². The lowest BCUT2D eigenvalue weighted by atomic mass is 10.2. The fourth-order valence-corrected chi connectivity index (χ4v) is 1.72. The Kier molecular flexibility index (Phi) is 4.50. The molecule has 0 aliphatic heterocycles. The smallest absolute Gasteiger partial charge is 0.287 e. The summed E-state index contributed by atoms with van der Waals surface area (Å²) in [6, 6.07) is 8.25. The van der Waals surface area contributed by atoms with Gasteiger partial charge in [0.1, 0.15) is 6.20 Å². The van der Waals surface area contributed by atoms with Gasteiger partial charge in [-0.05, 0) is 24.6 Å². The third-order valence-corrected chi connectivity index (χ3v) is 2.69. The minimum Gasteiger partial charge on any atom is -0.493 e. The topological polar surface area (TPSA) is 74.5 Å². The fourth-order valence-electron chi connectivity index (χ4n) is 1.72. The monoisotopic (exact) mass is 286 g/mol. The van der Waals surface area contributed by atoms with Crippen molar-refractivity contribution in [3.63, 3.8) is 0 Å². The van der Waals surface area contributed by atoms with Gasteiger partial charge in [0.2, 0.25) is 5.88 Å². The van der Waals surface area contributed by atoms with Crippen molar-refractivity contribution in [1.29, 1.82) is 0 Å². The molecule has 1 heterocycles. The summed E-state index contributed by atoms with van der Waals surface area (Å²) in [7, 11) is 1.55. The van der Waals surface area contributed by atoms with Crippen LogP contribution < -0.4 is 9.47 Å². The van der Waals surface area contributed by atoms with Crippen molar-refractivity contribution in [2.24, 2.45) is 0 Å². The van der Waals surface area contributed by atoms with Crippen molar-refractivity contribution in [2.75, 3.05) is 7.11 Å². The number of nitro groups is 1. The lowest BCUT2D eigenvalue weighted by Gasteiger charge is -2.10. The molecule has 0 saturated carbocycles. The quantitative estimate of drug-likeness (QED) is 0.617. The second-order valence-corrected chi connectivity index (χ2v) is 4.12. The van der Waals surface area contributed by atoms with E-state index in [4.69, 9.17) is 9.47 Å². The Labute approximate surface area is 121 Å². The van der Waals surface area contributed by atoms with Crippen LogP contribution >= 0.6 is 0 Å². The highest BCUT2D eigenvalue weighted by molar-refractivity contribution is 5.56. The van der Waals surface area contributed by atoms with Gasteiger partial charge >= 0.3 is 0 Å². The molecule has 0 unspecified atom stereocenters. The molecule has 6 nitrogen and oxygen atoms in total. The second kappa shape index (κ2) is 6.51. The van der Waals surface area contributed by atoms with E-state index in [0.29, 0.717) is 11.5 Å². The van der Waals surface area contributed by atoms with Crippen molar-refractivity contribution >= 4 is 11.8 Å². The number of aromatic nitrogens is 1. The maximum atomic E-state index is 10.6. The van der Waals surface area contributed by atoms with Gasteiger partial charge in [-0.1, -0.05) is 18.2 Å². The third kappa shape index (κ3) is 3.56. The summed E-state index contributed by atoms with van der Waals surface area (Å²) in [5, 5.41) is 10.6. The van der Waals surface area contributed by atoms with E-state index < -0.39 is 4.92 Å². The standard InChI is InChI=1S/C15H14N2O4/c1-3-4-11-5-7-13(14(9-11)20-2)21-15-8-6-12(10-16-15)17(18)19/h3-10H,1-2H3/b4-3+. The lowest BCUT2D eigenvalue weighted by Crippen LogP contribution is -1.94. The van der Waals surface area contributed by atoms with Crippen LogP contribution in [0.1, 0.15) is 12.5 Å². The predicted octanol–water partition coefficient (Wildman–Crippen LogP) is 3.82. The zero-order valence-corrected chi connectivity index (χ0v) is 11.6. The summed E-state index contributed by atoms with van der Waals surface area (Å²) in [5.41, 5.74) is 0.899. The molecule has 2 rings (SSSR count). The molecular weight excluding hydrogens is 272 g/mol. The molecule has 0 N–H and O–H groups in total. The maximum Gasteiger partial charge on any atom is 0.287 e. The molecule has 0 fully saturated rings. The summed E-state index contributed by atoms with van der Waals surface area (Å²) in [6.07, 6.45) is 5.01. The Bertz CT molecular complexity index is 666. The van der Waals surface area contributed by atoms with Gasteiger partial charge < -0.3 is 9.47 Å². The number of hydrogen-bond donors (Lipinski definition) is 0. The molecule has 0 aliphatic rings. The van der Waals surface area contributed by atoms with Gasteiger partial charge in [0.05, 0.1) is 12.0 Å². The van der Waals surface area contributed by atoms with Crippen LogP contribution in [0.4, 0.5) is 5.69 Å². The Morgan fingerprint density at radius 2 is 2.05 bits per heavy atom. The first kappa shape index (κ1) is 14.5. The van der Waals surface area contributed by atoms with Crippen molar-refractivity contribution in [1.82, 2.24) is 4.98 Å². The molecule has 0 atom stereocenters. The van der Waals surface area contributed by atoms with Crippen LogP contribution in [-0.2, 0) is 0 Å². The van der Waals surface area contributed by atoms with Gasteiger partial charge in [0.25, 0.3) is 5.69 Å². The molecule has 0 aliphatic carbocycles. The summed E-state index contributed by atoms with van der Waals surface area (Å²) >= 11 is 0. The van der Waals surface area contributed by atoms with E-state index in [-0.39, 0.29) is 11.6 Å². The number of methoxy groups -OCH3 is 1. The largest absolute Gasteiger partial charge is 0.493 e. The first-order chi connectivity index (χ1) is 10.1. The number of benzene rings is 1. The minimum atomic E-state index is -0.511. The van der Waals surface area contributed by atoms with Crippen molar-refractivity contribution in [3.8, 4) is 17.4 Å². The third-order valence-electron chi connectivity index (χ3n) is 2.69. The average molecular weight is 286 g/mol. The first-order valence-corrected chi connectivity index (χ1v) is 6.23. The molecular formula is C15H14N2O4. The van der Waals surface area contributed by atoms with Gasteiger partial charge in [-0.2, -0.15) is 0 Å². The van der Waals surface area contributed by atoms with Crippen LogP contribution in [0.25, 0.3) is 6.08 Å². The summed E-state index contributed by atoms with van der Waals surface area (Å²) in [5.74, 6) is 1.32. The molecule has 0 radical (unpaired) electrons. The maximum absolute atomic E-state index is 10.6. The summed E-state index contributed by atoms with van der Waals surface area (Å²) < 4.78 is 10.9. The van der Waals surface area contributed by atoms with Crippen molar-refractivity contribution in [3.05, 3.63) is 58.3 Å². The fraction of sp³-hybridized carbons (Fsp3) is 0.133. The SMILES string of the molecule is C/C=C/c1ccc(Oc2ccc([N+](=O)[O-])cn2)c(OC)c1. The van der Waals surface area contributed by atoms with E-state index in [1.54, 1.807) is 13.2 Å². The van der Waals surface area contributed by atoms with Crippen LogP contribution in [0.3, 0.4) is 0 Å². The molecule has 0 spiro atoms. The van der Waals surface area contributed by atoms with E-state index in [0.717, 1.165) is 11.8 Å². The van der Waals surface area contributed by atoms with Crippen LogP contribution in [0.5, 0.6) is 17.4 Å². The molecule has 1 aromatic heterocycles. The van der Waals surface area contributed by atoms with E-state index in [9.17, 15) is 10.1 Å². The van der Waals surface area contributed by atoms with E-state index >= 15 is 0 Å². The lowest BCUT2D eigenvalue weighted by molar-refractivity contribution is -0.385. The Morgan fingerprint density at radius 1 is 1.24 bits per heavy atom. The van der Waals surface area contributed by atoms with Crippen LogP contribution in [0.15, 0.2) is 42.6 Å². The number of ether oxygens (including phenoxy) is 2. The molecule has 0 amide bonds. The number of nitrogens with zero attached hydrogens (tertiary/aromatic N) is 2. The van der Waals surface area contributed by atoms with Gasteiger partial charge in [0.15, 0.2) is 11.5 Å².